The molecular formula is C11H10BrCl2N5. The third kappa shape index (κ3) is 5.07. The first kappa shape index (κ1) is 15.8. The number of rotatable bonds is 4. The zero-order chi connectivity index (χ0) is 14.4. The van der Waals surface area contributed by atoms with Gasteiger partial charge >= 0.3 is 0 Å². The van der Waals surface area contributed by atoms with Gasteiger partial charge in [0.1, 0.15) is 11.8 Å². The predicted octanol–water partition coefficient (Wildman–Crippen LogP) is 2.84. The summed E-state index contributed by atoms with van der Waals surface area (Å²) in [6.45, 7) is 0. The maximum absolute atomic E-state index is 8.89. The summed E-state index contributed by atoms with van der Waals surface area (Å²) in [5.41, 5.74) is 11.3. The van der Waals surface area contributed by atoms with Gasteiger partial charge in [0.05, 0.1) is 5.02 Å². The van der Waals surface area contributed by atoms with Gasteiger partial charge in [-0.3, -0.25) is 0 Å². The van der Waals surface area contributed by atoms with E-state index >= 15 is 0 Å². The molecule has 0 spiro atoms. The fourth-order valence-electron chi connectivity index (χ4n) is 1.25. The topological polar surface area (TPSA) is 101 Å². The summed E-state index contributed by atoms with van der Waals surface area (Å²) in [6.07, 6.45) is 0.905. The van der Waals surface area contributed by atoms with Gasteiger partial charge in [0.15, 0.2) is 0 Å². The molecule has 0 amide bonds. The van der Waals surface area contributed by atoms with Crippen LogP contribution in [0.3, 0.4) is 0 Å². The number of guanidine groups is 1. The second-order valence-corrected chi connectivity index (χ2v) is 5.21. The molecule has 0 heterocycles. The summed E-state index contributed by atoms with van der Waals surface area (Å²) in [5, 5.41) is 17.0. The molecule has 0 saturated carbocycles. The van der Waals surface area contributed by atoms with Crippen LogP contribution in [0.15, 0.2) is 26.8 Å². The molecule has 19 heavy (non-hydrogen) atoms. The van der Waals surface area contributed by atoms with Crippen molar-refractivity contribution in [3.63, 3.8) is 0 Å². The molecule has 0 fully saturated rings. The van der Waals surface area contributed by atoms with Gasteiger partial charge in [-0.25, -0.2) is 0 Å². The Balaban J connectivity index is 2.82. The van der Waals surface area contributed by atoms with Crippen LogP contribution in [0, 0.1) is 11.3 Å². The predicted molar refractivity (Wildman–Crippen MR) is 81.3 cm³/mol. The van der Waals surface area contributed by atoms with Crippen LogP contribution in [0.2, 0.25) is 10.0 Å². The summed E-state index contributed by atoms with van der Waals surface area (Å²) >= 11 is 15.3. The van der Waals surface area contributed by atoms with E-state index in [4.69, 9.17) is 39.9 Å². The molecule has 0 aliphatic carbocycles. The number of nitrogens with two attached hydrogens (primary N) is 2. The van der Waals surface area contributed by atoms with Crippen LogP contribution in [-0.2, 0) is 6.42 Å². The van der Waals surface area contributed by atoms with E-state index in [0.717, 1.165) is 10.0 Å². The highest BCUT2D eigenvalue weighted by atomic mass is 79.9. The van der Waals surface area contributed by atoms with Crippen molar-refractivity contribution in [2.45, 2.75) is 12.8 Å². The Morgan fingerprint density at radius 3 is 2.53 bits per heavy atom. The molecule has 0 aliphatic heterocycles. The van der Waals surface area contributed by atoms with E-state index in [-0.39, 0.29) is 11.7 Å². The third-order valence-electron chi connectivity index (χ3n) is 2.14. The molecule has 4 N–H and O–H groups in total. The van der Waals surface area contributed by atoms with E-state index in [1.165, 1.54) is 0 Å². The molecule has 1 aromatic rings. The molecule has 5 nitrogen and oxygen atoms in total. The Labute approximate surface area is 129 Å². The second-order valence-electron chi connectivity index (χ2n) is 3.54. The number of aryl methyl sites for hydroxylation is 1. The first-order valence-electron chi connectivity index (χ1n) is 5.13. The number of halogens is 3. The highest BCUT2D eigenvalue weighted by molar-refractivity contribution is 9.10. The number of hydrogen-bond donors (Lipinski definition) is 2. The quantitative estimate of drug-likeness (QED) is 0.372. The van der Waals surface area contributed by atoms with Crippen LogP contribution < -0.4 is 11.5 Å². The van der Waals surface area contributed by atoms with Crippen LogP contribution in [-0.4, -0.2) is 11.7 Å². The van der Waals surface area contributed by atoms with Crippen LogP contribution in [0.5, 0.6) is 0 Å². The maximum Gasteiger partial charge on any atom is 0.211 e. The van der Waals surface area contributed by atoms with E-state index in [9.17, 15) is 0 Å². The monoisotopic (exact) mass is 361 g/mol. The van der Waals surface area contributed by atoms with Gasteiger partial charge in [-0.2, -0.15) is 5.26 Å². The molecule has 0 bridgehead atoms. The lowest BCUT2D eigenvalue weighted by Gasteiger charge is -2.05. The standard InChI is InChI=1S/C11H10BrCl2N5/c12-8-3-6(9(13)4-10(8)14)1-2-7(5-15)18-19-11(16)17/h3-4H,1-2H2,(H4,16,17,19)/b18-7-. The third-order valence-corrected chi connectivity index (χ3v) is 3.68. The van der Waals surface area contributed by atoms with E-state index in [1.807, 2.05) is 6.07 Å². The summed E-state index contributed by atoms with van der Waals surface area (Å²) in [7, 11) is 0. The normalized spacial score (nSPS) is 10.9. The van der Waals surface area contributed by atoms with Gasteiger partial charge in [-0.1, -0.05) is 23.2 Å². The van der Waals surface area contributed by atoms with E-state index < -0.39 is 0 Å². The lowest BCUT2D eigenvalue weighted by atomic mass is 10.1. The number of benzene rings is 1. The summed E-state index contributed by atoms with van der Waals surface area (Å²) in [5.74, 6) is -0.194. The van der Waals surface area contributed by atoms with Crippen LogP contribution >= 0.6 is 39.1 Å². The summed E-state index contributed by atoms with van der Waals surface area (Å²) in [6, 6.07) is 5.37. The van der Waals surface area contributed by atoms with Crippen molar-refractivity contribution in [2.24, 2.45) is 21.7 Å². The number of nitriles is 1. The van der Waals surface area contributed by atoms with Crippen molar-refractivity contribution >= 4 is 50.8 Å². The fourth-order valence-corrected chi connectivity index (χ4v) is 2.12. The van der Waals surface area contributed by atoms with Crippen LogP contribution in [0.4, 0.5) is 0 Å². The minimum Gasteiger partial charge on any atom is -0.369 e. The number of nitrogens with zero attached hydrogens (tertiary/aromatic N) is 3. The van der Waals surface area contributed by atoms with Crippen LogP contribution in [0.1, 0.15) is 12.0 Å². The lowest BCUT2D eigenvalue weighted by molar-refractivity contribution is 1.02. The van der Waals surface area contributed by atoms with Gasteiger partial charge in [0.2, 0.25) is 5.96 Å². The lowest BCUT2D eigenvalue weighted by Crippen LogP contribution is -2.22. The molecule has 1 rings (SSSR count). The summed E-state index contributed by atoms with van der Waals surface area (Å²) in [4.78, 5) is 0. The zero-order valence-electron chi connectivity index (χ0n) is 9.70. The fraction of sp³-hybridized carbons (Fsp3) is 0.182. The highest BCUT2D eigenvalue weighted by Gasteiger charge is 2.07. The smallest absolute Gasteiger partial charge is 0.211 e. The largest absolute Gasteiger partial charge is 0.369 e. The van der Waals surface area contributed by atoms with Crippen molar-refractivity contribution in [3.05, 3.63) is 32.2 Å². The Morgan fingerprint density at radius 2 is 1.95 bits per heavy atom. The molecule has 100 valence electrons. The zero-order valence-corrected chi connectivity index (χ0v) is 12.8. The Kier molecular flexibility index (Phi) is 6.09. The van der Waals surface area contributed by atoms with Gasteiger partial charge in [-0.05, 0) is 40.0 Å². The van der Waals surface area contributed by atoms with Crippen molar-refractivity contribution < 1.29 is 0 Å². The van der Waals surface area contributed by atoms with Crippen molar-refractivity contribution in [3.8, 4) is 6.07 Å². The van der Waals surface area contributed by atoms with Gasteiger partial charge in [0, 0.05) is 15.9 Å². The molecule has 8 heteroatoms. The Bertz CT molecular complexity index is 573. The van der Waals surface area contributed by atoms with Gasteiger partial charge in [0.25, 0.3) is 0 Å². The highest BCUT2D eigenvalue weighted by Crippen LogP contribution is 2.29. The Hall–Kier alpha value is -1.29. The SMILES string of the molecule is N#C/C(CCc1cc(Br)c(Cl)cc1Cl)=N\N=C(N)N. The maximum atomic E-state index is 8.89. The minimum atomic E-state index is -0.194. The second kappa shape index (κ2) is 7.34. The molecule has 0 atom stereocenters. The molecule has 0 aromatic heterocycles. The van der Waals surface area contributed by atoms with Crippen molar-refractivity contribution in [1.82, 2.24) is 0 Å². The molecular weight excluding hydrogens is 353 g/mol. The van der Waals surface area contributed by atoms with E-state index in [0.29, 0.717) is 22.9 Å². The van der Waals surface area contributed by atoms with Crippen molar-refractivity contribution in [2.75, 3.05) is 0 Å². The molecule has 0 unspecified atom stereocenters. The summed E-state index contributed by atoms with van der Waals surface area (Å²) < 4.78 is 0.744. The van der Waals surface area contributed by atoms with E-state index in [1.54, 1.807) is 12.1 Å². The minimum absolute atomic E-state index is 0.194. The first-order valence-corrected chi connectivity index (χ1v) is 6.68. The molecule has 1 aromatic carbocycles. The van der Waals surface area contributed by atoms with Crippen LogP contribution in [0.25, 0.3) is 0 Å². The molecule has 0 saturated heterocycles. The average molecular weight is 363 g/mol. The number of hydrogen-bond acceptors (Lipinski definition) is 3. The van der Waals surface area contributed by atoms with Gasteiger partial charge in [-0.15, -0.1) is 10.2 Å². The van der Waals surface area contributed by atoms with E-state index in [2.05, 4.69) is 26.1 Å². The Morgan fingerprint density at radius 1 is 1.26 bits per heavy atom. The van der Waals surface area contributed by atoms with Gasteiger partial charge < -0.3 is 11.5 Å². The average Bonchev–Trinajstić information content (AvgIpc) is 2.35. The van der Waals surface area contributed by atoms with Crippen molar-refractivity contribution in [1.29, 1.82) is 5.26 Å². The first-order chi connectivity index (χ1) is 8.93. The molecule has 0 aliphatic rings. The molecule has 0 radical (unpaired) electrons.